The predicted molar refractivity (Wildman–Crippen MR) is 116 cm³/mol. The fourth-order valence-corrected chi connectivity index (χ4v) is 4.62. The second-order valence-corrected chi connectivity index (χ2v) is 8.12. The number of hydrogen-bond acceptors (Lipinski definition) is 4. The number of nitrogens with zero attached hydrogens (tertiary/aromatic N) is 3. The van der Waals surface area contributed by atoms with E-state index in [1.54, 1.807) is 24.3 Å². The number of halogens is 1. The Morgan fingerprint density at radius 3 is 2.27 bits per heavy atom. The molecule has 2 heterocycles. The molecule has 6 heteroatoms. The number of para-hydroxylation sites is 1. The standard InChI is InChI=1S/C24H28FN3O2/c1-18(29)20-8-2-3-9-21(20)24(30)28-12-6-7-19(17-28)26-13-15-27(16-14-26)23-11-5-4-10-22(23)25/h2-5,8-11,19H,6-7,12-17H2,1H3/t19-/m1/s1. The maximum Gasteiger partial charge on any atom is 0.254 e. The highest BCUT2D eigenvalue weighted by molar-refractivity contribution is 6.07. The van der Waals surface area contributed by atoms with Gasteiger partial charge < -0.3 is 9.80 Å². The number of likely N-dealkylation sites (tertiary alicyclic amines) is 1. The Morgan fingerprint density at radius 1 is 0.900 bits per heavy atom. The van der Waals surface area contributed by atoms with Gasteiger partial charge >= 0.3 is 0 Å². The first-order chi connectivity index (χ1) is 14.5. The summed E-state index contributed by atoms with van der Waals surface area (Å²) in [6, 6.07) is 14.3. The van der Waals surface area contributed by atoms with E-state index in [0.717, 1.165) is 45.6 Å². The Hall–Kier alpha value is -2.73. The molecule has 2 aliphatic heterocycles. The van der Waals surface area contributed by atoms with Crippen LogP contribution in [0.25, 0.3) is 0 Å². The third kappa shape index (κ3) is 4.24. The lowest BCUT2D eigenvalue weighted by molar-refractivity contribution is 0.0561. The molecule has 5 nitrogen and oxygen atoms in total. The number of ketones is 1. The molecule has 0 spiro atoms. The van der Waals surface area contributed by atoms with Gasteiger partial charge in [-0.2, -0.15) is 0 Å². The minimum atomic E-state index is -0.176. The van der Waals surface area contributed by atoms with Gasteiger partial charge in [0.2, 0.25) is 0 Å². The summed E-state index contributed by atoms with van der Waals surface area (Å²) in [7, 11) is 0. The first kappa shape index (κ1) is 20.5. The number of Topliss-reactive ketones (excluding diaryl/α,β-unsaturated/α-hetero) is 1. The number of piperazine rings is 1. The number of hydrogen-bond donors (Lipinski definition) is 0. The molecule has 158 valence electrons. The van der Waals surface area contributed by atoms with Crippen LogP contribution >= 0.6 is 0 Å². The Bertz CT molecular complexity index is 924. The summed E-state index contributed by atoms with van der Waals surface area (Å²) in [5, 5.41) is 0. The molecular weight excluding hydrogens is 381 g/mol. The Balaban J connectivity index is 1.40. The van der Waals surface area contributed by atoms with Crippen molar-refractivity contribution in [1.29, 1.82) is 0 Å². The normalized spacial score (nSPS) is 20.3. The Morgan fingerprint density at radius 2 is 1.57 bits per heavy atom. The van der Waals surface area contributed by atoms with E-state index in [1.165, 1.54) is 13.0 Å². The minimum Gasteiger partial charge on any atom is -0.367 e. The molecule has 0 aliphatic carbocycles. The van der Waals surface area contributed by atoms with Crippen LogP contribution in [-0.2, 0) is 0 Å². The minimum absolute atomic E-state index is 0.0597. The molecule has 0 bridgehead atoms. The number of rotatable bonds is 4. The monoisotopic (exact) mass is 409 g/mol. The van der Waals surface area contributed by atoms with E-state index in [9.17, 15) is 14.0 Å². The third-order valence-corrected chi connectivity index (χ3v) is 6.24. The second-order valence-electron chi connectivity index (χ2n) is 8.12. The van der Waals surface area contributed by atoms with E-state index < -0.39 is 0 Å². The zero-order valence-corrected chi connectivity index (χ0v) is 17.4. The molecule has 1 atom stereocenters. The molecule has 0 saturated carbocycles. The molecule has 0 N–H and O–H groups in total. The highest BCUT2D eigenvalue weighted by Crippen LogP contribution is 2.24. The van der Waals surface area contributed by atoms with Crippen LogP contribution in [-0.4, -0.2) is 66.8 Å². The van der Waals surface area contributed by atoms with Gasteiger partial charge in [-0.15, -0.1) is 0 Å². The summed E-state index contributed by atoms with van der Waals surface area (Å²) in [4.78, 5) is 31.5. The van der Waals surface area contributed by atoms with Crippen LogP contribution in [0.15, 0.2) is 48.5 Å². The van der Waals surface area contributed by atoms with Crippen molar-refractivity contribution in [1.82, 2.24) is 9.80 Å². The van der Waals surface area contributed by atoms with Gasteiger partial charge in [-0.3, -0.25) is 14.5 Å². The van der Waals surface area contributed by atoms with Crippen molar-refractivity contribution in [2.24, 2.45) is 0 Å². The lowest BCUT2D eigenvalue weighted by atomic mass is 9.99. The first-order valence-corrected chi connectivity index (χ1v) is 10.7. The zero-order chi connectivity index (χ0) is 21.1. The summed E-state index contributed by atoms with van der Waals surface area (Å²) in [5.41, 5.74) is 1.65. The third-order valence-electron chi connectivity index (χ3n) is 6.24. The molecule has 0 aromatic heterocycles. The SMILES string of the molecule is CC(=O)c1ccccc1C(=O)N1CCC[C@@H](N2CCN(c3ccccc3F)CC2)C1. The van der Waals surface area contributed by atoms with Crippen LogP contribution in [0, 0.1) is 5.82 Å². The van der Waals surface area contributed by atoms with Gasteiger partial charge in [0, 0.05) is 50.9 Å². The van der Waals surface area contributed by atoms with Crippen molar-refractivity contribution in [2.45, 2.75) is 25.8 Å². The highest BCUT2D eigenvalue weighted by Gasteiger charge is 2.31. The van der Waals surface area contributed by atoms with E-state index in [0.29, 0.717) is 29.4 Å². The molecule has 30 heavy (non-hydrogen) atoms. The van der Waals surface area contributed by atoms with Gasteiger partial charge in [-0.05, 0) is 38.0 Å². The van der Waals surface area contributed by atoms with Gasteiger partial charge in [0.05, 0.1) is 11.3 Å². The summed E-state index contributed by atoms with van der Waals surface area (Å²) in [6.45, 7) is 6.15. The van der Waals surface area contributed by atoms with E-state index in [-0.39, 0.29) is 17.5 Å². The lowest BCUT2D eigenvalue weighted by Gasteiger charge is -2.44. The van der Waals surface area contributed by atoms with Crippen LogP contribution in [0.1, 0.15) is 40.5 Å². The number of piperidine rings is 1. The molecule has 2 aliphatic rings. The quantitative estimate of drug-likeness (QED) is 0.726. The molecule has 2 saturated heterocycles. The maximum atomic E-state index is 14.1. The van der Waals surface area contributed by atoms with Crippen molar-refractivity contribution >= 4 is 17.4 Å². The number of anilines is 1. The molecule has 1 amide bonds. The summed E-state index contributed by atoms with van der Waals surface area (Å²) >= 11 is 0. The Kier molecular flexibility index (Phi) is 6.13. The predicted octanol–water partition coefficient (Wildman–Crippen LogP) is 3.46. The van der Waals surface area contributed by atoms with Gasteiger partial charge in [0.1, 0.15) is 5.82 Å². The van der Waals surface area contributed by atoms with Crippen molar-refractivity contribution < 1.29 is 14.0 Å². The van der Waals surface area contributed by atoms with E-state index in [2.05, 4.69) is 9.80 Å². The van der Waals surface area contributed by atoms with E-state index in [1.807, 2.05) is 23.1 Å². The number of carbonyl (C=O) groups excluding carboxylic acids is 2. The average Bonchev–Trinajstić information content (AvgIpc) is 2.79. The lowest BCUT2D eigenvalue weighted by Crippen LogP contribution is -2.56. The average molecular weight is 410 g/mol. The first-order valence-electron chi connectivity index (χ1n) is 10.7. The van der Waals surface area contributed by atoms with Gasteiger partial charge in [0.15, 0.2) is 5.78 Å². The molecule has 2 fully saturated rings. The van der Waals surface area contributed by atoms with Crippen molar-refractivity contribution in [3.05, 3.63) is 65.5 Å². The van der Waals surface area contributed by atoms with Gasteiger partial charge in [0.25, 0.3) is 5.91 Å². The van der Waals surface area contributed by atoms with E-state index in [4.69, 9.17) is 0 Å². The number of benzene rings is 2. The molecule has 4 rings (SSSR count). The summed E-state index contributed by atoms with van der Waals surface area (Å²) < 4.78 is 14.1. The summed E-state index contributed by atoms with van der Waals surface area (Å²) in [6.07, 6.45) is 2.00. The molecule has 2 aromatic carbocycles. The summed E-state index contributed by atoms with van der Waals surface area (Å²) in [5.74, 6) is -0.322. The molecule has 0 radical (unpaired) electrons. The van der Waals surface area contributed by atoms with Gasteiger partial charge in [-0.1, -0.05) is 30.3 Å². The second kappa shape index (κ2) is 8.96. The maximum absolute atomic E-state index is 14.1. The molecular formula is C24H28FN3O2. The zero-order valence-electron chi connectivity index (χ0n) is 17.4. The molecule has 0 unspecified atom stereocenters. The van der Waals surface area contributed by atoms with Crippen LogP contribution in [0.5, 0.6) is 0 Å². The smallest absolute Gasteiger partial charge is 0.254 e. The fraction of sp³-hybridized carbons (Fsp3) is 0.417. The van der Waals surface area contributed by atoms with Crippen molar-refractivity contribution in [3.8, 4) is 0 Å². The van der Waals surface area contributed by atoms with Crippen molar-refractivity contribution in [2.75, 3.05) is 44.2 Å². The highest BCUT2D eigenvalue weighted by atomic mass is 19.1. The van der Waals surface area contributed by atoms with Crippen LogP contribution < -0.4 is 4.90 Å². The van der Waals surface area contributed by atoms with Crippen molar-refractivity contribution in [3.63, 3.8) is 0 Å². The largest absolute Gasteiger partial charge is 0.367 e. The topological polar surface area (TPSA) is 43.9 Å². The fourth-order valence-electron chi connectivity index (χ4n) is 4.62. The van der Waals surface area contributed by atoms with E-state index >= 15 is 0 Å². The van der Waals surface area contributed by atoms with Gasteiger partial charge in [-0.25, -0.2) is 4.39 Å². The van der Waals surface area contributed by atoms with Crippen LogP contribution in [0.2, 0.25) is 0 Å². The molecule has 2 aromatic rings. The van der Waals surface area contributed by atoms with Crippen LogP contribution in [0.4, 0.5) is 10.1 Å². The Labute approximate surface area is 177 Å². The number of amides is 1. The van der Waals surface area contributed by atoms with Crippen LogP contribution in [0.3, 0.4) is 0 Å². The number of carbonyl (C=O) groups is 2.